The van der Waals surface area contributed by atoms with Crippen LogP contribution in [0.3, 0.4) is 0 Å². The summed E-state index contributed by atoms with van der Waals surface area (Å²) in [5.41, 5.74) is 2.89. The van der Waals surface area contributed by atoms with Gasteiger partial charge in [-0.2, -0.15) is 0 Å². The summed E-state index contributed by atoms with van der Waals surface area (Å²) < 4.78 is 5.27. The number of ether oxygens (including phenoxy) is 1. The molecule has 0 aromatic heterocycles. The highest BCUT2D eigenvalue weighted by molar-refractivity contribution is 5.96. The van der Waals surface area contributed by atoms with Crippen LogP contribution in [0.15, 0.2) is 48.5 Å². The summed E-state index contributed by atoms with van der Waals surface area (Å²) in [4.78, 5) is 32.1. The lowest BCUT2D eigenvalue weighted by molar-refractivity contribution is -0.133. The Labute approximate surface area is 190 Å². The monoisotopic (exact) mass is 435 g/mol. The quantitative estimate of drug-likeness (QED) is 0.718. The van der Waals surface area contributed by atoms with E-state index in [0.29, 0.717) is 19.6 Å². The van der Waals surface area contributed by atoms with E-state index in [-0.39, 0.29) is 17.9 Å². The van der Waals surface area contributed by atoms with Crippen molar-refractivity contribution in [3.05, 3.63) is 65.2 Å². The Kier molecular flexibility index (Phi) is 7.10. The van der Waals surface area contributed by atoms with Crippen LogP contribution in [0.2, 0.25) is 0 Å². The van der Waals surface area contributed by atoms with Gasteiger partial charge in [0.2, 0.25) is 5.91 Å². The van der Waals surface area contributed by atoms with Crippen molar-refractivity contribution in [1.29, 1.82) is 0 Å². The van der Waals surface area contributed by atoms with Crippen LogP contribution >= 0.6 is 0 Å². The van der Waals surface area contributed by atoms with Crippen molar-refractivity contribution in [3.63, 3.8) is 0 Å². The Balaban J connectivity index is 1.54. The van der Waals surface area contributed by atoms with Gasteiger partial charge in [0.05, 0.1) is 13.2 Å². The lowest BCUT2D eigenvalue weighted by Crippen LogP contribution is -2.52. The minimum Gasteiger partial charge on any atom is -0.497 e. The zero-order chi connectivity index (χ0) is 22.5. The van der Waals surface area contributed by atoms with E-state index in [9.17, 15) is 9.59 Å². The summed E-state index contributed by atoms with van der Waals surface area (Å²) in [5.74, 6) is 0.862. The van der Waals surface area contributed by atoms with Gasteiger partial charge in [0, 0.05) is 38.7 Å². The van der Waals surface area contributed by atoms with Gasteiger partial charge < -0.3 is 14.5 Å². The number of likely N-dealkylation sites (tertiary alicyclic amines) is 1. The highest BCUT2D eigenvalue weighted by Gasteiger charge is 2.33. The van der Waals surface area contributed by atoms with Crippen LogP contribution in [0.1, 0.15) is 53.7 Å². The SMILES string of the molecule is COc1ccc([C@@H]2CN(C(=O)c3ccccc3CN3CCCCC3)CCN2C(C)=O)cc1. The Hall–Kier alpha value is -2.86. The Morgan fingerprint density at radius 3 is 2.34 bits per heavy atom. The van der Waals surface area contributed by atoms with Crippen LogP contribution in [0.25, 0.3) is 0 Å². The Morgan fingerprint density at radius 2 is 1.66 bits per heavy atom. The summed E-state index contributed by atoms with van der Waals surface area (Å²) in [6, 6.07) is 15.6. The van der Waals surface area contributed by atoms with E-state index >= 15 is 0 Å². The molecule has 2 aromatic rings. The van der Waals surface area contributed by atoms with Gasteiger partial charge in [0.25, 0.3) is 5.91 Å². The number of methoxy groups -OCH3 is 1. The van der Waals surface area contributed by atoms with Gasteiger partial charge in [0.15, 0.2) is 0 Å². The highest BCUT2D eigenvalue weighted by atomic mass is 16.5. The maximum Gasteiger partial charge on any atom is 0.254 e. The fourth-order valence-corrected chi connectivity index (χ4v) is 4.85. The standard InChI is InChI=1S/C26H33N3O3/c1-20(30)29-17-16-28(19-25(29)21-10-12-23(32-2)13-11-21)26(31)24-9-5-4-8-22(24)18-27-14-6-3-7-15-27/h4-5,8-13,25H,3,6-7,14-19H2,1-2H3/t25-/m0/s1. The number of hydrogen-bond acceptors (Lipinski definition) is 4. The number of piperidine rings is 1. The predicted octanol–water partition coefficient (Wildman–Crippen LogP) is 3.73. The van der Waals surface area contributed by atoms with Gasteiger partial charge in [0.1, 0.15) is 5.75 Å². The first-order chi connectivity index (χ1) is 15.6. The van der Waals surface area contributed by atoms with Crippen molar-refractivity contribution < 1.29 is 14.3 Å². The van der Waals surface area contributed by atoms with Crippen LogP contribution in [-0.2, 0) is 11.3 Å². The molecule has 2 aromatic carbocycles. The molecule has 0 bridgehead atoms. The van der Waals surface area contributed by atoms with Gasteiger partial charge in [-0.25, -0.2) is 0 Å². The van der Waals surface area contributed by atoms with E-state index in [4.69, 9.17) is 4.74 Å². The second-order valence-corrected chi connectivity index (χ2v) is 8.75. The van der Waals surface area contributed by atoms with E-state index in [1.807, 2.05) is 52.3 Å². The molecular formula is C26H33N3O3. The van der Waals surface area contributed by atoms with Gasteiger partial charge >= 0.3 is 0 Å². The Morgan fingerprint density at radius 1 is 0.938 bits per heavy atom. The first-order valence-corrected chi connectivity index (χ1v) is 11.6. The Bertz CT molecular complexity index is 938. The number of benzene rings is 2. The maximum atomic E-state index is 13.6. The summed E-state index contributed by atoms with van der Waals surface area (Å²) >= 11 is 0. The molecule has 2 fully saturated rings. The van der Waals surface area contributed by atoms with Crippen LogP contribution in [-0.4, -0.2) is 66.3 Å². The van der Waals surface area contributed by atoms with Crippen molar-refractivity contribution in [2.75, 3.05) is 39.8 Å². The normalized spacial score (nSPS) is 19.6. The summed E-state index contributed by atoms with van der Waals surface area (Å²) in [6.45, 7) is 6.18. The van der Waals surface area contributed by atoms with E-state index < -0.39 is 0 Å². The van der Waals surface area contributed by atoms with E-state index in [0.717, 1.165) is 42.1 Å². The van der Waals surface area contributed by atoms with E-state index in [1.54, 1.807) is 14.0 Å². The minimum atomic E-state index is -0.162. The number of carbonyl (C=O) groups is 2. The number of carbonyl (C=O) groups excluding carboxylic acids is 2. The number of rotatable bonds is 5. The summed E-state index contributed by atoms with van der Waals surface area (Å²) in [6.07, 6.45) is 3.75. The molecule has 0 spiro atoms. The molecule has 1 atom stereocenters. The second kappa shape index (κ2) is 10.2. The molecule has 4 rings (SSSR count). The third-order valence-electron chi connectivity index (χ3n) is 6.66. The van der Waals surface area contributed by atoms with Crippen molar-refractivity contribution in [3.8, 4) is 5.75 Å². The lowest BCUT2D eigenvalue weighted by Gasteiger charge is -2.41. The van der Waals surface area contributed by atoms with Crippen LogP contribution in [0, 0.1) is 0 Å². The van der Waals surface area contributed by atoms with Crippen molar-refractivity contribution in [1.82, 2.24) is 14.7 Å². The van der Waals surface area contributed by atoms with Crippen molar-refractivity contribution >= 4 is 11.8 Å². The average Bonchev–Trinajstić information content (AvgIpc) is 2.84. The van der Waals surface area contributed by atoms with Crippen molar-refractivity contribution in [2.45, 2.75) is 38.8 Å². The molecule has 2 saturated heterocycles. The molecule has 6 nitrogen and oxygen atoms in total. The van der Waals surface area contributed by atoms with Crippen molar-refractivity contribution in [2.24, 2.45) is 0 Å². The number of piperazine rings is 1. The topological polar surface area (TPSA) is 53.1 Å². The molecule has 0 N–H and O–H groups in total. The van der Waals surface area contributed by atoms with Gasteiger partial charge in [-0.1, -0.05) is 36.8 Å². The second-order valence-electron chi connectivity index (χ2n) is 8.75. The van der Waals surface area contributed by atoms with Crippen LogP contribution < -0.4 is 4.74 Å². The minimum absolute atomic E-state index is 0.0309. The van der Waals surface area contributed by atoms with Crippen LogP contribution in [0.4, 0.5) is 0 Å². The number of amides is 2. The fraction of sp³-hybridized carbons (Fsp3) is 0.462. The maximum absolute atomic E-state index is 13.6. The lowest BCUT2D eigenvalue weighted by atomic mass is 9.99. The predicted molar refractivity (Wildman–Crippen MR) is 125 cm³/mol. The average molecular weight is 436 g/mol. The first-order valence-electron chi connectivity index (χ1n) is 11.6. The third-order valence-corrected chi connectivity index (χ3v) is 6.66. The van der Waals surface area contributed by atoms with Gasteiger partial charge in [-0.3, -0.25) is 14.5 Å². The van der Waals surface area contributed by atoms with Gasteiger partial charge in [-0.15, -0.1) is 0 Å². The molecule has 2 amide bonds. The van der Waals surface area contributed by atoms with Crippen LogP contribution in [0.5, 0.6) is 5.75 Å². The zero-order valence-corrected chi connectivity index (χ0v) is 19.1. The molecule has 0 radical (unpaired) electrons. The third kappa shape index (κ3) is 4.96. The molecule has 32 heavy (non-hydrogen) atoms. The van der Waals surface area contributed by atoms with E-state index in [1.165, 1.54) is 19.3 Å². The summed E-state index contributed by atoms with van der Waals surface area (Å²) in [7, 11) is 1.64. The molecular weight excluding hydrogens is 402 g/mol. The molecule has 0 aliphatic carbocycles. The molecule has 2 aliphatic rings. The molecule has 2 aliphatic heterocycles. The molecule has 170 valence electrons. The van der Waals surface area contributed by atoms with E-state index in [2.05, 4.69) is 11.0 Å². The largest absolute Gasteiger partial charge is 0.497 e. The molecule has 0 saturated carbocycles. The zero-order valence-electron chi connectivity index (χ0n) is 19.1. The fourth-order valence-electron chi connectivity index (χ4n) is 4.85. The molecule has 2 heterocycles. The highest BCUT2D eigenvalue weighted by Crippen LogP contribution is 2.28. The molecule has 6 heteroatoms. The molecule has 0 unspecified atom stereocenters. The number of nitrogens with zero attached hydrogens (tertiary/aromatic N) is 3. The smallest absolute Gasteiger partial charge is 0.254 e. The van der Waals surface area contributed by atoms with Gasteiger partial charge in [-0.05, 0) is 55.3 Å². The first kappa shape index (κ1) is 22.3. The summed E-state index contributed by atoms with van der Waals surface area (Å²) in [5, 5.41) is 0. The number of hydrogen-bond donors (Lipinski definition) is 0.